The molecule has 1 fully saturated rings. The number of morpholine rings is 1. The minimum absolute atomic E-state index is 0.0505. The molecule has 144 valence electrons. The standard InChI is InChI=1S/C25H27NO2/c1-2-27-25(23-16-10-5-11-17-23)20-26(18-21-12-6-3-7-13-21)19-24(28-25)22-14-8-4-9-15-22/h3-17,24H,2,18-20H2,1H3/t24-,25-/m1/s1. The molecule has 3 aromatic rings. The van der Waals surface area contributed by atoms with E-state index in [1.165, 1.54) is 11.1 Å². The summed E-state index contributed by atoms with van der Waals surface area (Å²) in [6, 6.07) is 31.4. The van der Waals surface area contributed by atoms with Crippen LogP contribution in [-0.4, -0.2) is 24.6 Å². The summed E-state index contributed by atoms with van der Waals surface area (Å²) in [4.78, 5) is 2.44. The smallest absolute Gasteiger partial charge is 0.208 e. The lowest BCUT2D eigenvalue weighted by Crippen LogP contribution is -2.52. The van der Waals surface area contributed by atoms with Crippen LogP contribution in [0, 0.1) is 0 Å². The third-order valence-electron chi connectivity index (χ3n) is 5.20. The quantitative estimate of drug-likeness (QED) is 0.596. The largest absolute Gasteiger partial charge is 0.345 e. The molecule has 4 rings (SSSR count). The van der Waals surface area contributed by atoms with Crippen LogP contribution in [-0.2, 0) is 21.8 Å². The molecule has 0 N–H and O–H groups in total. The lowest BCUT2D eigenvalue weighted by molar-refractivity contribution is -0.303. The van der Waals surface area contributed by atoms with Gasteiger partial charge in [0, 0.05) is 25.3 Å². The van der Waals surface area contributed by atoms with E-state index >= 15 is 0 Å². The van der Waals surface area contributed by atoms with E-state index in [4.69, 9.17) is 9.47 Å². The maximum atomic E-state index is 6.69. The van der Waals surface area contributed by atoms with Gasteiger partial charge in [-0.1, -0.05) is 91.0 Å². The van der Waals surface area contributed by atoms with Crippen molar-refractivity contribution in [3.63, 3.8) is 0 Å². The molecule has 0 amide bonds. The van der Waals surface area contributed by atoms with Gasteiger partial charge in [-0.3, -0.25) is 4.90 Å². The van der Waals surface area contributed by atoms with E-state index in [0.717, 1.165) is 18.7 Å². The first-order valence-electron chi connectivity index (χ1n) is 9.97. The third kappa shape index (κ3) is 4.17. The third-order valence-corrected chi connectivity index (χ3v) is 5.20. The van der Waals surface area contributed by atoms with E-state index in [0.29, 0.717) is 13.2 Å². The molecule has 0 bridgehead atoms. The number of benzene rings is 3. The Kier molecular flexibility index (Phi) is 5.87. The Morgan fingerprint density at radius 2 is 1.50 bits per heavy atom. The van der Waals surface area contributed by atoms with Crippen LogP contribution in [0.1, 0.15) is 29.7 Å². The first kappa shape index (κ1) is 18.9. The Hall–Kier alpha value is -2.46. The van der Waals surface area contributed by atoms with Crippen molar-refractivity contribution in [1.29, 1.82) is 0 Å². The molecular formula is C25H27NO2. The SMILES string of the molecule is CCO[C@]1(c2ccccc2)CN(Cc2ccccc2)C[C@H](c2ccccc2)O1. The topological polar surface area (TPSA) is 21.7 Å². The zero-order valence-corrected chi connectivity index (χ0v) is 16.3. The highest BCUT2D eigenvalue weighted by atomic mass is 16.7. The van der Waals surface area contributed by atoms with E-state index in [2.05, 4.69) is 71.6 Å². The van der Waals surface area contributed by atoms with E-state index in [1.54, 1.807) is 0 Å². The van der Waals surface area contributed by atoms with Crippen LogP contribution in [0.3, 0.4) is 0 Å². The van der Waals surface area contributed by atoms with Crippen LogP contribution < -0.4 is 0 Å². The van der Waals surface area contributed by atoms with Crippen molar-refractivity contribution in [3.05, 3.63) is 108 Å². The highest BCUT2D eigenvalue weighted by Crippen LogP contribution is 2.39. The van der Waals surface area contributed by atoms with E-state index in [-0.39, 0.29) is 6.10 Å². The van der Waals surface area contributed by atoms with Gasteiger partial charge in [-0.25, -0.2) is 0 Å². The molecule has 0 unspecified atom stereocenters. The molecular weight excluding hydrogens is 346 g/mol. The molecule has 3 aromatic carbocycles. The van der Waals surface area contributed by atoms with E-state index < -0.39 is 5.79 Å². The Morgan fingerprint density at radius 1 is 0.893 bits per heavy atom. The Bertz CT molecular complexity index is 853. The summed E-state index contributed by atoms with van der Waals surface area (Å²) in [5.74, 6) is -0.774. The highest BCUT2D eigenvalue weighted by molar-refractivity contribution is 5.25. The molecule has 3 nitrogen and oxygen atoms in total. The van der Waals surface area contributed by atoms with Gasteiger partial charge in [0.2, 0.25) is 5.79 Å². The molecule has 0 aliphatic carbocycles. The molecule has 28 heavy (non-hydrogen) atoms. The lowest BCUT2D eigenvalue weighted by atomic mass is 9.99. The van der Waals surface area contributed by atoms with Crippen LogP contribution in [0.2, 0.25) is 0 Å². The van der Waals surface area contributed by atoms with Crippen molar-refractivity contribution in [1.82, 2.24) is 4.90 Å². The summed E-state index contributed by atoms with van der Waals surface area (Å²) in [6.07, 6.45) is -0.0505. The molecule has 0 aromatic heterocycles. The molecule has 1 aliphatic rings. The van der Waals surface area contributed by atoms with Crippen LogP contribution in [0.15, 0.2) is 91.0 Å². The molecule has 0 radical (unpaired) electrons. The minimum Gasteiger partial charge on any atom is -0.345 e. The summed E-state index contributed by atoms with van der Waals surface area (Å²) >= 11 is 0. The first-order valence-corrected chi connectivity index (χ1v) is 9.97. The van der Waals surface area contributed by atoms with Crippen LogP contribution in [0.25, 0.3) is 0 Å². The Labute approximate surface area is 167 Å². The molecule has 1 aliphatic heterocycles. The molecule has 3 heteroatoms. The summed E-state index contributed by atoms with van der Waals surface area (Å²) in [5.41, 5.74) is 3.55. The van der Waals surface area contributed by atoms with Crippen LogP contribution >= 0.6 is 0 Å². The summed E-state index contributed by atoms with van der Waals surface area (Å²) < 4.78 is 13.0. The van der Waals surface area contributed by atoms with Crippen molar-refractivity contribution >= 4 is 0 Å². The second-order valence-corrected chi connectivity index (χ2v) is 7.22. The van der Waals surface area contributed by atoms with Gasteiger partial charge in [0.05, 0.1) is 12.6 Å². The van der Waals surface area contributed by atoms with Gasteiger partial charge in [0.25, 0.3) is 0 Å². The van der Waals surface area contributed by atoms with Gasteiger partial charge in [0.1, 0.15) is 0 Å². The fourth-order valence-corrected chi connectivity index (χ4v) is 3.95. The van der Waals surface area contributed by atoms with Gasteiger partial charge in [-0.05, 0) is 18.1 Å². The normalized spacial score (nSPS) is 22.8. The van der Waals surface area contributed by atoms with Crippen molar-refractivity contribution in [2.24, 2.45) is 0 Å². The van der Waals surface area contributed by atoms with Crippen LogP contribution in [0.4, 0.5) is 0 Å². The van der Waals surface area contributed by atoms with Crippen LogP contribution in [0.5, 0.6) is 0 Å². The average Bonchev–Trinajstić information content (AvgIpc) is 2.76. The fourth-order valence-electron chi connectivity index (χ4n) is 3.95. The summed E-state index contributed by atoms with van der Waals surface area (Å²) in [5, 5.41) is 0. The monoisotopic (exact) mass is 373 g/mol. The lowest BCUT2D eigenvalue weighted by Gasteiger charge is -2.46. The minimum atomic E-state index is -0.774. The van der Waals surface area contributed by atoms with Gasteiger partial charge < -0.3 is 9.47 Å². The number of hydrogen-bond acceptors (Lipinski definition) is 3. The maximum Gasteiger partial charge on any atom is 0.208 e. The predicted molar refractivity (Wildman–Crippen MR) is 112 cm³/mol. The van der Waals surface area contributed by atoms with Gasteiger partial charge in [-0.15, -0.1) is 0 Å². The molecule has 1 heterocycles. The Balaban J connectivity index is 1.69. The average molecular weight is 373 g/mol. The number of hydrogen-bond donors (Lipinski definition) is 0. The van der Waals surface area contributed by atoms with E-state index in [9.17, 15) is 0 Å². The fraction of sp³-hybridized carbons (Fsp3) is 0.280. The number of ether oxygens (including phenoxy) is 2. The summed E-state index contributed by atoms with van der Waals surface area (Å²) in [6.45, 7) is 5.02. The predicted octanol–water partition coefficient (Wildman–Crippen LogP) is 5.15. The zero-order chi connectivity index (χ0) is 19.2. The van der Waals surface area contributed by atoms with Crippen molar-refractivity contribution in [2.45, 2.75) is 25.4 Å². The van der Waals surface area contributed by atoms with E-state index in [1.807, 2.05) is 31.2 Å². The molecule has 0 spiro atoms. The molecule has 0 saturated carbocycles. The van der Waals surface area contributed by atoms with Gasteiger partial charge in [0.15, 0.2) is 0 Å². The molecule has 1 saturated heterocycles. The van der Waals surface area contributed by atoms with Crippen molar-refractivity contribution < 1.29 is 9.47 Å². The van der Waals surface area contributed by atoms with Crippen molar-refractivity contribution in [2.75, 3.05) is 19.7 Å². The molecule has 2 atom stereocenters. The Morgan fingerprint density at radius 3 is 2.14 bits per heavy atom. The zero-order valence-electron chi connectivity index (χ0n) is 16.3. The highest BCUT2D eigenvalue weighted by Gasteiger charge is 2.43. The number of rotatable bonds is 6. The number of nitrogens with zero attached hydrogens (tertiary/aromatic N) is 1. The second-order valence-electron chi connectivity index (χ2n) is 7.22. The van der Waals surface area contributed by atoms with Crippen molar-refractivity contribution in [3.8, 4) is 0 Å². The van der Waals surface area contributed by atoms with Gasteiger partial charge >= 0.3 is 0 Å². The summed E-state index contributed by atoms with van der Waals surface area (Å²) in [7, 11) is 0. The second kappa shape index (κ2) is 8.70. The van der Waals surface area contributed by atoms with Gasteiger partial charge in [-0.2, -0.15) is 0 Å². The maximum absolute atomic E-state index is 6.69. The first-order chi connectivity index (χ1) is 13.8.